The Kier molecular flexibility index (Phi) is 1.51. The molecule has 0 radical (unpaired) electrons. The van der Waals surface area contributed by atoms with Crippen molar-refractivity contribution >= 4 is 6.08 Å². The summed E-state index contributed by atoms with van der Waals surface area (Å²) in [6.45, 7) is 0.188. The van der Waals surface area contributed by atoms with E-state index in [-0.39, 0.29) is 12.6 Å². The van der Waals surface area contributed by atoms with E-state index in [1.807, 2.05) is 10.6 Å². The third kappa shape index (κ3) is 0.973. The van der Waals surface area contributed by atoms with Crippen LogP contribution in [0.2, 0.25) is 0 Å². The summed E-state index contributed by atoms with van der Waals surface area (Å²) in [7, 11) is 0. The molecule has 3 heteroatoms. The number of nitrogens with zero attached hydrogens (tertiary/aromatic N) is 2. The summed E-state index contributed by atoms with van der Waals surface area (Å²) in [6.07, 6.45) is 8.56. The number of rotatable bonds is 1. The molecule has 1 aromatic heterocycles. The molecule has 0 bridgehead atoms. The quantitative estimate of drug-likeness (QED) is 0.644. The molecule has 0 aromatic carbocycles. The first-order valence-electron chi connectivity index (χ1n) is 3.71. The van der Waals surface area contributed by atoms with Crippen LogP contribution in [0.5, 0.6) is 0 Å². The van der Waals surface area contributed by atoms with Gasteiger partial charge in [-0.3, -0.25) is 0 Å². The van der Waals surface area contributed by atoms with Crippen LogP contribution < -0.4 is 0 Å². The lowest BCUT2D eigenvalue weighted by atomic mass is 10.1. The lowest BCUT2D eigenvalue weighted by molar-refractivity contribution is 0.227. The van der Waals surface area contributed by atoms with E-state index < -0.39 is 0 Å². The summed E-state index contributed by atoms with van der Waals surface area (Å²) in [4.78, 5) is 4.00. The molecule has 0 amide bonds. The van der Waals surface area contributed by atoms with Gasteiger partial charge in [0.25, 0.3) is 0 Å². The molecule has 2 rings (SSSR count). The number of hydrogen-bond donors (Lipinski definition) is 1. The molecule has 1 N–H and O–H groups in total. The highest BCUT2D eigenvalue weighted by molar-refractivity contribution is 5.45. The van der Waals surface area contributed by atoms with Crippen LogP contribution in [0.25, 0.3) is 6.08 Å². The fourth-order valence-electron chi connectivity index (χ4n) is 1.37. The zero-order valence-corrected chi connectivity index (χ0v) is 6.14. The second-order valence-corrected chi connectivity index (χ2v) is 2.70. The van der Waals surface area contributed by atoms with Gasteiger partial charge in [0.15, 0.2) is 0 Å². The van der Waals surface area contributed by atoms with Gasteiger partial charge in [-0.1, -0.05) is 6.08 Å². The van der Waals surface area contributed by atoms with Crippen molar-refractivity contribution in [3.63, 3.8) is 0 Å². The van der Waals surface area contributed by atoms with Gasteiger partial charge >= 0.3 is 0 Å². The van der Waals surface area contributed by atoms with E-state index in [1.54, 1.807) is 12.5 Å². The molecule has 0 spiro atoms. The molecule has 1 atom stereocenters. The first-order chi connectivity index (χ1) is 5.42. The highest BCUT2D eigenvalue weighted by Gasteiger charge is 2.13. The number of aliphatic hydroxyl groups is 1. The smallest absolute Gasteiger partial charge is 0.0954 e. The fourth-order valence-corrected chi connectivity index (χ4v) is 1.37. The predicted molar refractivity (Wildman–Crippen MR) is 42.0 cm³/mol. The Morgan fingerprint density at radius 2 is 2.64 bits per heavy atom. The number of aromatic nitrogens is 2. The van der Waals surface area contributed by atoms with Crippen LogP contribution in [0.4, 0.5) is 0 Å². The predicted octanol–water partition coefficient (Wildman–Crippen LogP) is 0.833. The largest absolute Gasteiger partial charge is 0.394 e. The van der Waals surface area contributed by atoms with E-state index in [1.165, 1.54) is 0 Å². The average molecular weight is 150 g/mol. The Labute approximate surface area is 65.0 Å². The minimum absolute atomic E-state index is 0.188. The van der Waals surface area contributed by atoms with Crippen LogP contribution in [0.15, 0.2) is 18.6 Å². The van der Waals surface area contributed by atoms with Crippen LogP contribution in [0, 0.1) is 0 Å². The van der Waals surface area contributed by atoms with Crippen molar-refractivity contribution in [3.8, 4) is 0 Å². The number of aliphatic hydroxyl groups excluding tert-OH is 1. The molecule has 11 heavy (non-hydrogen) atoms. The van der Waals surface area contributed by atoms with Crippen LogP contribution >= 0.6 is 0 Å². The van der Waals surface area contributed by atoms with Crippen molar-refractivity contribution in [2.45, 2.75) is 12.5 Å². The molecule has 1 aliphatic heterocycles. The van der Waals surface area contributed by atoms with Crippen LogP contribution in [-0.4, -0.2) is 21.3 Å². The van der Waals surface area contributed by atoms with Crippen LogP contribution in [0.3, 0.4) is 0 Å². The zero-order valence-electron chi connectivity index (χ0n) is 6.14. The van der Waals surface area contributed by atoms with E-state index >= 15 is 0 Å². The van der Waals surface area contributed by atoms with Gasteiger partial charge in [0, 0.05) is 0 Å². The highest BCUT2D eigenvalue weighted by Crippen LogP contribution is 2.20. The molecule has 58 valence electrons. The Balaban J connectivity index is 2.41. The number of allylic oxidation sites excluding steroid dienone is 1. The first kappa shape index (κ1) is 6.61. The molecular weight excluding hydrogens is 140 g/mol. The van der Waals surface area contributed by atoms with E-state index in [2.05, 4.69) is 11.1 Å². The lowest BCUT2D eigenvalue weighted by Gasteiger charge is -2.18. The maximum Gasteiger partial charge on any atom is 0.0954 e. The van der Waals surface area contributed by atoms with E-state index in [0.717, 1.165) is 12.1 Å². The minimum atomic E-state index is 0.188. The maximum absolute atomic E-state index is 8.97. The Morgan fingerprint density at radius 3 is 3.45 bits per heavy atom. The second kappa shape index (κ2) is 2.51. The van der Waals surface area contributed by atoms with E-state index in [9.17, 15) is 0 Å². The SMILES string of the molecule is OC[C@H]1CC=Cc2cncn21. The normalized spacial score (nSPS) is 21.7. The van der Waals surface area contributed by atoms with Gasteiger partial charge in [-0.05, 0) is 12.5 Å². The third-order valence-corrected chi connectivity index (χ3v) is 2.00. The number of imidazole rings is 1. The average Bonchev–Trinajstić information content (AvgIpc) is 2.50. The molecule has 3 nitrogen and oxygen atoms in total. The summed E-state index contributed by atoms with van der Waals surface area (Å²) in [5.74, 6) is 0. The van der Waals surface area contributed by atoms with Crippen molar-refractivity contribution in [3.05, 3.63) is 24.3 Å². The van der Waals surface area contributed by atoms with Gasteiger partial charge in [0.1, 0.15) is 0 Å². The van der Waals surface area contributed by atoms with Crippen molar-refractivity contribution in [1.82, 2.24) is 9.55 Å². The van der Waals surface area contributed by atoms with E-state index in [4.69, 9.17) is 5.11 Å². The Morgan fingerprint density at radius 1 is 1.73 bits per heavy atom. The first-order valence-corrected chi connectivity index (χ1v) is 3.71. The molecule has 2 heterocycles. The van der Waals surface area contributed by atoms with Gasteiger partial charge in [-0.25, -0.2) is 4.98 Å². The summed E-state index contributed by atoms with van der Waals surface area (Å²) < 4.78 is 2.00. The molecular formula is C8H10N2O. The van der Waals surface area contributed by atoms with Gasteiger partial charge < -0.3 is 9.67 Å². The minimum Gasteiger partial charge on any atom is -0.394 e. The van der Waals surface area contributed by atoms with Gasteiger partial charge in [-0.2, -0.15) is 0 Å². The molecule has 0 fully saturated rings. The number of fused-ring (bicyclic) bond motifs is 1. The van der Waals surface area contributed by atoms with Gasteiger partial charge in [0.2, 0.25) is 0 Å². The summed E-state index contributed by atoms with van der Waals surface area (Å²) in [5.41, 5.74) is 1.08. The molecule has 1 aromatic rings. The number of hydrogen-bond acceptors (Lipinski definition) is 2. The van der Waals surface area contributed by atoms with Crippen LogP contribution in [-0.2, 0) is 0 Å². The van der Waals surface area contributed by atoms with Gasteiger partial charge in [-0.15, -0.1) is 0 Å². The zero-order chi connectivity index (χ0) is 7.68. The van der Waals surface area contributed by atoms with Crippen molar-refractivity contribution < 1.29 is 5.11 Å². The highest BCUT2D eigenvalue weighted by atomic mass is 16.3. The third-order valence-electron chi connectivity index (χ3n) is 2.00. The molecule has 0 saturated carbocycles. The van der Waals surface area contributed by atoms with Crippen molar-refractivity contribution in [1.29, 1.82) is 0 Å². The molecule has 0 aliphatic carbocycles. The van der Waals surface area contributed by atoms with Crippen molar-refractivity contribution in [2.24, 2.45) is 0 Å². The van der Waals surface area contributed by atoms with Gasteiger partial charge in [0.05, 0.1) is 30.9 Å². The lowest BCUT2D eigenvalue weighted by Crippen LogP contribution is -2.15. The standard InChI is InChI=1S/C8H10N2O/c11-5-8-3-1-2-7-4-9-6-10(7)8/h1-2,4,6,8,11H,3,5H2/t8-/m1/s1. The van der Waals surface area contributed by atoms with E-state index in [0.29, 0.717) is 0 Å². The summed E-state index contributed by atoms with van der Waals surface area (Å²) in [6, 6.07) is 0.192. The fraction of sp³-hybridized carbons (Fsp3) is 0.375. The topological polar surface area (TPSA) is 38.1 Å². The monoisotopic (exact) mass is 150 g/mol. The Hall–Kier alpha value is -1.09. The molecule has 0 unspecified atom stereocenters. The van der Waals surface area contributed by atoms with Crippen molar-refractivity contribution in [2.75, 3.05) is 6.61 Å². The Bertz CT molecular complexity index is 277. The maximum atomic E-state index is 8.97. The molecule has 0 saturated heterocycles. The molecule has 1 aliphatic rings. The summed E-state index contributed by atoms with van der Waals surface area (Å²) in [5, 5.41) is 8.97. The summed E-state index contributed by atoms with van der Waals surface area (Å²) >= 11 is 0. The second-order valence-electron chi connectivity index (χ2n) is 2.70. The van der Waals surface area contributed by atoms with Crippen LogP contribution in [0.1, 0.15) is 18.2 Å².